The van der Waals surface area contributed by atoms with E-state index in [1.807, 2.05) is 19.2 Å². The van der Waals surface area contributed by atoms with Crippen molar-refractivity contribution in [2.75, 3.05) is 26.8 Å². The fraction of sp³-hybridized carbons (Fsp3) is 0.538. The molecule has 2 rings (SSSR count). The van der Waals surface area contributed by atoms with Crippen LogP contribution in [0.5, 0.6) is 0 Å². The zero-order valence-corrected chi connectivity index (χ0v) is 9.63. The van der Waals surface area contributed by atoms with Gasteiger partial charge in [0.25, 0.3) is 0 Å². The second-order valence-electron chi connectivity index (χ2n) is 4.40. The lowest BCUT2D eigenvalue weighted by atomic mass is 9.74. The van der Waals surface area contributed by atoms with Crippen LogP contribution in [0.3, 0.4) is 0 Å². The van der Waals surface area contributed by atoms with Gasteiger partial charge in [0.1, 0.15) is 5.82 Å². The smallest absolute Gasteiger partial charge is 0.127 e. The van der Waals surface area contributed by atoms with E-state index in [1.165, 1.54) is 0 Å². The van der Waals surface area contributed by atoms with Crippen molar-refractivity contribution in [3.05, 3.63) is 35.6 Å². The quantitative estimate of drug-likeness (QED) is 0.847. The van der Waals surface area contributed by atoms with Crippen LogP contribution in [-0.4, -0.2) is 26.8 Å². The summed E-state index contributed by atoms with van der Waals surface area (Å²) >= 11 is 0. The number of halogens is 1. The van der Waals surface area contributed by atoms with Crippen molar-refractivity contribution >= 4 is 0 Å². The molecule has 1 heterocycles. The third kappa shape index (κ3) is 2.11. The highest BCUT2D eigenvalue weighted by Gasteiger charge is 2.35. The Bertz CT molecular complexity index is 342. The van der Waals surface area contributed by atoms with E-state index in [4.69, 9.17) is 4.74 Å². The van der Waals surface area contributed by atoms with Gasteiger partial charge in [-0.25, -0.2) is 4.39 Å². The fourth-order valence-electron chi connectivity index (χ4n) is 2.53. The molecule has 1 aromatic rings. The first-order chi connectivity index (χ1) is 7.78. The molecule has 1 fully saturated rings. The summed E-state index contributed by atoms with van der Waals surface area (Å²) in [6.07, 6.45) is 1.77. The predicted octanol–water partition coefficient (Wildman–Crippen LogP) is 2.09. The molecular weight excluding hydrogens is 205 g/mol. The van der Waals surface area contributed by atoms with Crippen LogP contribution >= 0.6 is 0 Å². The van der Waals surface area contributed by atoms with E-state index in [-0.39, 0.29) is 11.2 Å². The Morgan fingerprint density at radius 3 is 2.62 bits per heavy atom. The molecule has 1 aliphatic heterocycles. The molecule has 88 valence electrons. The topological polar surface area (TPSA) is 21.3 Å². The summed E-state index contributed by atoms with van der Waals surface area (Å²) in [5.41, 5.74) is 0.728. The van der Waals surface area contributed by atoms with Gasteiger partial charge in [-0.3, -0.25) is 0 Å². The van der Waals surface area contributed by atoms with E-state index in [1.54, 1.807) is 12.1 Å². The molecule has 1 N–H and O–H groups in total. The number of rotatable bonds is 3. The van der Waals surface area contributed by atoms with E-state index in [0.29, 0.717) is 0 Å². The van der Waals surface area contributed by atoms with Crippen LogP contribution in [0.4, 0.5) is 4.39 Å². The molecule has 0 aliphatic carbocycles. The zero-order valence-electron chi connectivity index (χ0n) is 9.63. The van der Waals surface area contributed by atoms with Crippen LogP contribution in [0.25, 0.3) is 0 Å². The summed E-state index contributed by atoms with van der Waals surface area (Å²) in [6.45, 7) is 2.24. The van der Waals surface area contributed by atoms with Gasteiger partial charge in [-0.2, -0.15) is 0 Å². The lowest BCUT2D eigenvalue weighted by molar-refractivity contribution is 0.0493. The Hall–Kier alpha value is -0.930. The van der Waals surface area contributed by atoms with Crippen LogP contribution in [0.1, 0.15) is 18.4 Å². The second-order valence-corrected chi connectivity index (χ2v) is 4.40. The molecule has 0 unspecified atom stereocenters. The Morgan fingerprint density at radius 2 is 2.00 bits per heavy atom. The van der Waals surface area contributed by atoms with Crippen LogP contribution in [0, 0.1) is 5.82 Å². The Balaban J connectivity index is 2.34. The molecule has 0 spiro atoms. The third-order valence-corrected chi connectivity index (χ3v) is 3.41. The number of likely N-dealkylation sites (N-methyl/N-ethyl adjacent to an activating group) is 1. The summed E-state index contributed by atoms with van der Waals surface area (Å²) < 4.78 is 19.3. The van der Waals surface area contributed by atoms with Crippen LogP contribution in [0.2, 0.25) is 0 Å². The fourth-order valence-corrected chi connectivity index (χ4v) is 2.53. The third-order valence-electron chi connectivity index (χ3n) is 3.41. The minimum absolute atomic E-state index is 0.0975. The highest BCUT2D eigenvalue weighted by Crippen LogP contribution is 2.35. The summed E-state index contributed by atoms with van der Waals surface area (Å²) in [7, 11) is 1.91. The van der Waals surface area contributed by atoms with Crippen molar-refractivity contribution in [3.63, 3.8) is 0 Å². The molecule has 0 atom stereocenters. The Labute approximate surface area is 95.8 Å². The lowest BCUT2D eigenvalue weighted by Gasteiger charge is -2.37. The predicted molar refractivity (Wildman–Crippen MR) is 62.1 cm³/mol. The number of hydrogen-bond acceptors (Lipinski definition) is 2. The first-order valence-electron chi connectivity index (χ1n) is 5.76. The molecule has 0 saturated carbocycles. The average Bonchev–Trinajstić information content (AvgIpc) is 2.31. The van der Waals surface area contributed by atoms with Crippen molar-refractivity contribution in [3.8, 4) is 0 Å². The van der Waals surface area contributed by atoms with Gasteiger partial charge in [-0.15, -0.1) is 0 Å². The maximum absolute atomic E-state index is 13.9. The maximum atomic E-state index is 13.9. The SMILES string of the molecule is CNCC1(c2ccccc2F)CCOCC1. The molecule has 1 saturated heterocycles. The number of hydrogen-bond donors (Lipinski definition) is 1. The first kappa shape index (κ1) is 11.6. The van der Waals surface area contributed by atoms with E-state index < -0.39 is 0 Å². The van der Waals surface area contributed by atoms with E-state index in [2.05, 4.69) is 5.32 Å². The van der Waals surface area contributed by atoms with Crippen molar-refractivity contribution in [1.29, 1.82) is 0 Å². The number of ether oxygens (including phenoxy) is 1. The Morgan fingerprint density at radius 1 is 1.31 bits per heavy atom. The van der Waals surface area contributed by atoms with Crippen molar-refractivity contribution in [2.45, 2.75) is 18.3 Å². The van der Waals surface area contributed by atoms with Crippen LogP contribution in [0.15, 0.2) is 24.3 Å². The van der Waals surface area contributed by atoms with Gasteiger partial charge in [0, 0.05) is 25.2 Å². The molecule has 2 nitrogen and oxygen atoms in total. The van der Waals surface area contributed by atoms with Gasteiger partial charge in [0.2, 0.25) is 0 Å². The van der Waals surface area contributed by atoms with Gasteiger partial charge in [0.05, 0.1) is 0 Å². The van der Waals surface area contributed by atoms with Gasteiger partial charge in [0.15, 0.2) is 0 Å². The van der Waals surface area contributed by atoms with E-state index >= 15 is 0 Å². The number of benzene rings is 1. The average molecular weight is 223 g/mol. The summed E-state index contributed by atoms with van der Waals surface area (Å²) in [5, 5.41) is 3.18. The first-order valence-corrected chi connectivity index (χ1v) is 5.76. The molecule has 1 aliphatic rings. The highest BCUT2D eigenvalue weighted by atomic mass is 19.1. The summed E-state index contributed by atoms with van der Waals surface area (Å²) in [6, 6.07) is 7.09. The van der Waals surface area contributed by atoms with E-state index in [0.717, 1.165) is 38.2 Å². The van der Waals surface area contributed by atoms with Crippen molar-refractivity contribution in [2.24, 2.45) is 0 Å². The van der Waals surface area contributed by atoms with Gasteiger partial charge < -0.3 is 10.1 Å². The van der Waals surface area contributed by atoms with Crippen LogP contribution < -0.4 is 5.32 Å². The lowest BCUT2D eigenvalue weighted by Crippen LogP contribution is -2.42. The van der Waals surface area contributed by atoms with Crippen molar-refractivity contribution in [1.82, 2.24) is 5.32 Å². The monoisotopic (exact) mass is 223 g/mol. The summed E-state index contributed by atoms with van der Waals surface area (Å²) in [5.74, 6) is -0.0975. The molecule has 16 heavy (non-hydrogen) atoms. The molecular formula is C13H18FNO. The minimum atomic E-state index is -0.0989. The minimum Gasteiger partial charge on any atom is -0.381 e. The van der Waals surface area contributed by atoms with Crippen LogP contribution in [-0.2, 0) is 10.2 Å². The normalized spacial score (nSPS) is 19.6. The van der Waals surface area contributed by atoms with E-state index in [9.17, 15) is 4.39 Å². The molecule has 1 aromatic carbocycles. The molecule has 0 amide bonds. The Kier molecular flexibility index (Phi) is 3.56. The number of nitrogens with one attached hydrogen (secondary N) is 1. The zero-order chi connectivity index (χ0) is 11.4. The highest BCUT2D eigenvalue weighted by molar-refractivity contribution is 5.28. The molecule has 0 radical (unpaired) electrons. The van der Waals surface area contributed by atoms with Gasteiger partial charge in [-0.1, -0.05) is 18.2 Å². The molecule has 3 heteroatoms. The molecule has 0 bridgehead atoms. The maximum Gasteiger partial charge on any atom is 0.127 e. The standard InChI is InChI=1S/C13H18FNO/c1-15-10-13(6-8-16-9-7-13)11-4-2-3-5-12(11)14/h2-5,15H,6-10H2,1H3. The largest absolute Gasteiger partial charge is 0.381 e. The summed E-state index contributed by atoms with van der Waals surface area (Å²) in [4.78, 5) is 0. The second kappa shape index (κ2) is 4.93. The molecule has 0 aromatic heterocycles. The van der Waals surface area contributed by atoms with Crippen molar-refractivity contribution < 1.29 is 9.13 Å². The van der Waals surface area contributed by atoms with Gasteiger partial charge >= 0.3 is 0 Å². The van der Waals surface area contributed by atoms with Gasteiger partial charge in [-0.05, 0) is 31.5 Å².